The predicted molar refractivity (Wildman–Crippen MR) is 106 cm³/mol. The van der Waals surface area contributed by atoms with Crippen LogP contribution in [-0.2, 0) is 12.8 Å². The molecule has 0 N–H and O–H groups in total. The number of nitrogens with zero attached hydrogens (tertiary/aromatic N) is 3. The van der Waals surface area contributed by atoms with Gasteiger partial charge in [-0.3, -0.25) is 0 Å². The molecule has 3 aromatic rings. The summed E-state index contributed by atoms with van der Waals surface area (Å²) in [7, 11) is 0. The average Bonchev–Trinajstić information content (AvgIpc) is 3.15. The smallest absolute Gasteiger partial charge is 0.161 e. The Morgan fingerprint density at radius 1 is 1.24 bits per heavy atom. The first-order valence-electron chi connectivity index (χ1n) is 9.16. The third-order valence-electron chi connectivity index (χ3n) is 5.26. The molecule has 0 bridgehead atoms. The molecule has 0 saturated carbocycles. The molecule has 0 spiro atoms. The summed E-state index contributed by atoms with van der Waals surface area (Å²) in [5, 5.41) is 0. The summed E-state index contributed by atoms with van der Waals surface area (Å²) in [6.45, 7) is 8.78. The van der Waals surface area contributed by atoms with E-state index < -0.39 is 0 Å². The van der Waals surface area contributed by atoms with Gasteiger partial charge in [0.1, 0.15) is 11.3 Å². The molecular formula is C21H24BrN3. The summed E-state index contributed by atoms with van der Waals surface area (Å²) in [5.41, 5.74) is 7.37. The summed E-state index contributed by atoms with van der Waals surface area (Å²) >= 11 is 3.61. The van der Waals surface area contributed by atoms with Crippen LogP contribution in [0.5, 0.6) is 0 Å². The van der Waals surface area contributed by atoms with Crippen molar-refractivity contribution in [2.75, 3.05) is 0 Å². The van der Waals surface area contributed by atoms with Crippen LogP contribution in [0.15, 0.2) is 28.7 Å². The highest BCUT2D eigenvalue weighted by atomic mass is 79.9. The molecule has 0 aliphatic heterocycles. The quantitative estimate of drug-likeness (QED) is 0.565. The average molecular weight is 398 g/mol. The van der Waals surface area contributed by atoms with Crippen molar-refractivity contribution in [1.82, 2.24) is 14.5 Å². The molecule has 0 fully saturated rings. The van der Waals surface area contributed by atoms with Gasteiger partial charge in [0.05, 0.1) is 6.04 Å². The molecule has 1 aromatic carbocycles. The van der Waals surface area contributed by atoms with Crippen LogP contribution in [0.2, 0.25) is 0 Å². The molecule has 1 aliphatic carbocycles. The first-order valence-corrected chi connectivity index (χ1v) is 9.95. The number of imidazole rings is 1. The summed E-state index contributed by atoms with van der Waals surface area (Å²) < 4.78 is 3.58. The SMILES string of the molecule is CCc1cc(C)c2nc(C(C)C)n([C@H]3CCc4cc(Br)ccc43)c2n1. The molecule has 0 unspecified atom stereocenters. The highest BCUT2D eigenvalue weighted by molar-refractivity contribution is 9.10. The summed E-state index contributed by atoms with van der Waals surface area (Å²) in [6.07, 6.45) is 3.18. The molecule has 1 aliphatic rings. The topological polar surface area (TPSA) is 30.7 Å². The van der Waals surface area contributed by atoms with Crippen LogP contribution in [0, 0.1) is 6.92 Å². The third-order valence-corrected chi connectivity index (χ3v) is 5.75. The first kappa shape index (κ1) is 16.8. The van der Waals surface area contributed by atoms with Gasteiger partial charge in [0, 0.05) is 16.1 Å². The lowest BCUT2D eigenvalue weighted by atomic mass is 10.1. The second kappa shape index (κ2) is 6.24. The number of halogens is 1. The minimum absolute atomic E-state index is 0.338. The maximum absolute atomic E-state index is 5.01. The van der Waals surface area contributed by atoms with E-state index in [1.54, 1.807) is 0 Å². The fourth-order valence-corrected chi connectivity index (χ4v) is 4.43. The van der Waals surface area contributed by atoms with E-state index in [0.717, 1.165) is 46.4 Å². The highest BCUT2D eigenvalue weighted by Crippen LogP contribution is 2.39. The van der Waals surface area contributed by atoms with Crippen molar-refractivity contribution < 1.29 is 0 Å². The van der Waals surface area contributed by atoms with Crippen LogP contribution in [0.4, 0.5) is 0 Å². The van der Waals surface area contributed by atoms with Crippen LogP contribution in [0.3, 0.4) is 0 Å². The van der Waals surface area contributed by atoms with E-state index in [0.29, 0.717) is 12.0 Å². The second-order valence-corrected chi connectivity index (χ2v) is 8.26. The number of pyridine rings is 1. The highest BCUT2D eigenvalue weighted by Gasteiger charge is 2.29. The van der Waals surface area contributed by atoms with E-state index >= 15 is 0 Å². The first-order chi connectivity index (χ1) is 12.0. The lowest BCUT2D eigenvalue weighted by Crippen LogP contribution is -2.13. The molecule has 0 radical (unpaired) electrons. The van der Waals surface area contributed by atoms with Gasteiger partial charge in [-0.2, -0.15) is 0 Å². The monoisotopic (exact) mass is 397 g/mol. The minimum Gasteiger partial charge on any atom is -0.305 e. The molecule has 0 saturated heterocycles. The molecule has 2 aromatic heterocycles. The lowest BCUT2D eigenvalue weighted by molar-refractivity contribution is 0.547. The van der Waals surface area contributed by atoms with Gasteiger partial charge in [-0.25, -0.2) is 9.97 Å². The van der Waals surface area contributed by atoms with Gasteiger partial charge in [0.25, 0.3) is 0 Å². The van der Waals surface area contributed by atoms with E-state index in [1.165, 1.54) is 16.7 Å². The van der Waals surface area contributed by atoms with Gasteiger partial charge in [-0.05, 0) is 61.1 Å². The second-order valence-electron chi connectivity index (χ2n) is 7.35. The van der Waals surface area contributed by atoms with Crippen molar-refractivity contribution in [2.45, 2.75) is 58.9 Å². The Labute approximate surface area is 157 Å². The Kier molecular flexibility index (Phi) is 4.19. The standard InChI is InChI=1S/C21H24BrN3/c1-5-16-10-13(4)19-21(23-16)25(20(24-19)12(2)3)18-9-6-14-11-15(22)7-8-17(14)18/h7-8,10-12,18H,5-6,9H2,1-4H3/t18-/m0/s1. The zero-order valence-corrected chi connectivity index (χ0v) is 16.9. The fourth-order valence-electron chi connectivity index (χ4n) is 4.03. The van der Waals surface area contributed by atoms with Crippen molar-refractivity contribution in [3.63, 3.8) is 0 Å². The Hall–Kier alpha value is -1.68. The third kappa shape index (κ3) is 2.71. The van der Waals surface area contributed by atoms with Crippen molar-refractivity contribution in [3.8, 4) is 0 Å². The van der Waals surface area contributed by atoms with E-state index in [9.17, 15) is 0 Å². The van der Waals surface area contributed by atoms with Crippen LogP contribution < -0.4 is 0 Å². The van der Waals surface area contributed by atoms with Crippen molar-refractivity contribution >= 4 is 27.1 Å². The van der Waals surface area contributed by atoms with Gasteiger partial charge in [-0.1, -0.05) is 42.8 Å². The summed E-state index contributed by atoms with van der Waals surface area (Å²) in [4.78, 5) is 10.00. The van der Waals surface area contributed by atoms with Crippen molar-refractivity contribution in [2.24, 2.45) is 0 Å². The molecule has 0 amide bonds. The fraction of sp³-hybridized carbons (Fsp3) is 0.429. The van der Waals surface area contributed by atoms with Gasteiger partial charge in [-0.15, -0.1) is 0 Å². The van der Waals surface area contributed by atoms with Gasteiger partial charge < -0.3 is 4.57 Å². The summed E-state index contributed by atoms with van der Waals surface area (Å²) in [5.74, 6) is 1.53. The van der Waals surface area contributed by atoms with E-state index in [4.69, 9.17) is 9.97 Å². The normalized spacial score (nSPS) is 16.8. The van der Waals surface area contributed by atoms with Crippen LogP contribution in [0.25, 0.3) is 11.2 Å². The lowest BCUT2D eigenvalue weighted by Gasteiger charge is -2.19. The maximum atomic E-state index is 5.01. The molecule has 1 atom stereocenters. The van der Waals surface area contributed by atoms with Crippen molar-refractivity contribution in [3.05, 3.63) is 56.9 Å². The number of rotatable bonds is 3. The molecule has 4 heteroatoms. The number of aromatic nitrogens is 3. The summed E-state index contributed by atoms with van der Waals surface area (Å²) in [6, 6.07) is 9.21. The Morgan fingerprint density at radius 2 is 2.04 bits per heavy atom. The number of hydrogen-bond donors (Lipinski definition) is 0. The zero-order valence-electron chi connectivity index (χ0n) is 15.3. The number of aryl methyl sites for hydroxylation is 3. The molecule has 25 heavy (non-hydrogen) atoms. The largest absolute Gasteiger partial charge is 0.305 e. The molecular weight excluding hydrogens is 374 g/mol. The minimum atomic E-state index is 0.338. The van der Waals surface area contributed by atoms with Crippen molar-refractivity contribution in [1.29, 1.82) is 0 Å². The Morgan fingerprint density at radius 3 is 2.76 bits per heavy atom. The maximum Gasteiger partial charge on any atom is 0.161 e. The van der Waals surface area contributed by atoms with Crippen LogP contribution in [-0.4, -0.2) is 14.5 Å². The van der Waals surface area contributed by atoms with E-state index in [2.05, 4.69) is 72.5 Å². The van der Waals surface area contributed by atoms with Gasteiger partial charge in [0.15, 0.2) is 5.65 Å². The molecule has 130 valence electrons. The zero-order chi connectivity index (χ0) is 17.7. The van der Waals surface area contributed by atoms with E-state index in [1.807, 2.05) is 0 Å². The van der Waals surface area contributed by atoms with Gasteiger partial charge >= 0.3 is 0 Å². The number of benzene rings is 1. The Balaban J connectivity index is 1.98. The Bertz CT molecular complexity index is 955. The van der Waals surface area contributed by atoms with E-state index in [-0.39, 0.29) is 0 Å². The molecule has 2 heterocycles. The van der Waals surface area contributed by atoms with Gasteiger partial charge in [0.2, 0.25) is 0 Å². The predicted octanol–water partition coefficient (Wildman–Crippen LogP) is 5.72. The molecule has 4 rings (SSSR count). The molecule has 3 nitrogen and oxygen atoms in total. The number of fused-ring (bicyclic) bond motifs is 2. The van der Waals surface area contributed by atoms with Crippen LogP contribution in [0.1, 0.15) is 67.4 Å². The number of hydrogen-bond acceptors (Lipinski definition) is 2. The van der Waals surface area contributed by atoms with Crippen LogP contribution >= 0.6 is 15.9 Å².